The molecule has 0 aliphatic carbocycles. The van der Waals surface area contributed by atoms with Crippen molar-refractivity contribution in [2.75, 3.05) is 10.6 Å². The van der Waals surface area contributed by atoms with Crippen molar-refractivity contribution in [3.63, 3.8) is 0 Å². The molecule has 96 valence electrons. The molecule has 0 bridgehead atoms. The summed E-state index contributed by atoms with van der Waals surface area (Å²) in [5.41, 5.74) is 7.12. The molecule has 0 unspecified atom stereocenters. The number of pyridine rings is 1. The summed E-state index contributed by atoms with van der Waals surface area (Å²) < 4.78 is 0. The van der Waals surface area contributed by atoms with Gasteiger partial charge >= 0.3 is 0 Å². The van der Waals surface area contributed by atoms with E-state index in [0.29, 0.717) is 17.9 Å². The first kappa shape index (κ1) is 11.9. The van der Waals surface area contributed by atoms with Gasteiger partial charge < -0.3 is 5.73 Å². The fourth-order valence-corrected chi connectivity index (χ4v) is 2.28. The first-order chi connectivity index (χ1) is 9.15. The lowest BCUT2D eigenvalue weighted by molar-refractivity contribution is -0.117. The van der Waals surface area contributed by atoms with Gasteiger partial charge in [0, 0.05) is 18.0 Å². The van der Waals surface area contributed by atoms with E-state index in [-0.39, 0.29) is 23.4 Å². The van der Waals surface area contributed by atoms with Gasteiger partial charge in [-0.2, -0.15) is 4.98 Å². The Kier molecular flexibility index (Phi) is 2.79. The van der Waals surface area contributed by atoms with Crippen LogP contribution in [0.1, 0.15) is 11.1 Å². The highest BCUT2D eigenvalue weighted by Gasteiger charge is 2.31. The predicted molar refractivity (Wildman–Crippen MR) is 70.6 cm³/mol. The predicted octanol–water partition coefficient (Wildman–Crippen LogP) is 1.20. The summed E-state index contributed by atoms with van der Waals surface area (Å²) in [4.78, 5) is 25.6. The van der Waals surface area contributed by atoms with Gasteiger partial charge in [-0.25, -0.2) is 4.98 Å². The van der Waals surface area contributed by atoms with Crippen molar-refractivity contribution in [2.24, 2.45) is 0 Å². The van der Waals surface area contributed by atoms with E-state index >= 15 is 0 Å². The molecule has 0 fully saturated rings. The van der Waals surface area contributed by atoms with Crippen LogP contribution in [0.15, 0.2) is 24.5 Å². The van der Waals surface area contributed by atoms with Gasteiger partial charge in [-0.3, -0.25) is 14.7 Å². The highest BCUT2D eigenvalue weighted by molar-refractivity contribution is 6.31. The number of nitrogens with two attached hydrogens (primary N) is 1. The number of aromatic nitrogens is 3. The molecule has 1 aliphatic rings. The number of carbonyl (C=O) groups is 1. The van der Waals surface area contributed by atoms with Crippen LogP contribution in [0, 0.1) is 0 Å². The summed E-state index contributed by atoms with van der Waals surface area (Å²) >= 11 is 5.99. The number of nitrogen functional groups attached to an aromatic ring is 1. The lowest BCUT2D eigenvalue weighted by Gasteiger charge is -2.16. The zero-order chi connectivity index (χ0) is 13.4. The van der Waals surface area contributed by atoms with E-state index in [1.54, 1.807) is 17.3 Å². The third-order valence-electron chi connectivity index (χ3n) is 2.90. The number of halogens is 1. The lowest BCUT2D eigenvalue weighted by atomic mass is 10.3. The Labute approximate surface area is 114 Å². The Hall–Kier alpha value is -2.21. The summed E-state index contributed by atoms with van der Waals surface area (Å²) in [5, 5.41) is 0.240. The largest absolute Gasteiger partial charge is 0.368 e. The van der Waals surface area contributed by atoms with Gasteiger partial charge in [0.2, 0.25) is 11.9 Å². The number of fused-ring (bicyclic) bond motifs is 1. The number of nitrogens with zero attached hydrogens (tertiary/aromatic N) is 4. The first-order valence-electron chi connectivity index (χ1n) is 5.66. The van der Waals surface area contributed by atoms with E-state index in [0.717, 1.165) is 5.56 Å². The van der Waals surface area contributed by atoms with Crippen molar-refractivity contribution in [1.82, 2.24) is 15.0 Å². The molecule has 6 nitrogen and oxygen atoms in total. The van der Waals surface area contributed by atoms with Crippen LogP contribution >= 0.6 is 11.6 Å². The molecule has 3 rings (SSSR count). The van der Waals surface area contributed by atoms with Crippen LogP contribution in [-0.4, -0.2) is 20.9 Å². The Morgan fingerprint density at radius 3 is 3.00 bits per heavy atom. The number of amides is 1. The van der Waals surface area contributed by atoms with Gasteiger partial charge in [0.1, 0.15) is 11.0 Å². The maximum absolute atomic E-state index is 12.0. The number of hydrogen-bond donors (Lipinski definition) is 1. The maximum Gasteiger partial charge on any atom is 0.233 e. The van der Waals surface area contributed by atoms with Gasteiger partial charge in [0.15, 0.2) is 0 Å². The van der Waals surface area contributed by atoms with E-state index in [9.17, 15) is 4.79 Å². The normalized spacial score (nSPS) is 13.7. The van der Waals surface area contributed by atoms with Crippen molar-refractivity contribution in [1.29, 1.82) is 0 Å². The lowest BCUT2D eigenvalue weighted by Crippen LogP contribution is -2.26. The maximum atomic E-state index is 12.0. The monoisotopic (exact) mass is 275 g/mol. The standard InChI is InChI=1S/C12H10ClN5O/c13-10-8-4-9(19)18(11(8)17-12(14)16-10)6-7-2-1-3-15-5-7/h1-3,5H,4,6H2,(H2,14,16,17). The van der Waals surface area contributed by atoms with Crippen molar-refractivity contribution < 1.29 is 4.79 Å². The van der Waals surface area contributed by atoms with Crippen LogP contribution in [0.3, 0.4) is 0 Å². The minimum atomic E-state index is -0.0688. The molecule has 0 saturated heterocycles. The molecule has 0 aromatic carbocycles. The highest BCUT2D eigenvalue weighted by Crippen LogP contribution is 2.32. The Morgan fingerprint density at radius 2 is 2.26 bits per heavy atom. The third kappa shape index (κ3) is 2.10. The van der Waals surface area contributed by atoms with Crippen molar-refractivity contribution >= 4 is 29.3 Å². The quantitative estimate of drug-likeness (QED) is 0.832. The van der Waals surface area contributed by atoms with Gasteiger partial charge in [-0.05, 0) is 11.6 Å². The minimum Gasteiger partial charge on any atom is -0.368 e. The Bertz CT molecular complexity index is 646. The van der Waals surface area contributed by atoms with Crippen LogP contribution in [-0.2, 0) is 17.8 Å². The molecule has 2 aromatic heterocycles. The summed E-state index contributed by atoms with van der Waals surface area (Å²) in [6.07, 6.45) is 3.59. The average molecular weight is 276 g/mol. The minimum absolute atomic E-state index is 0.0645. The van der Waals surface area contributed by atoms with E-state index < -0.39 is 0 Å². The smallest absolute Gasteiger partial charge is 0.233 e. The zero-order valence-electron chi connectivity index (χ0n) is 9.88. The molecule has 0 saturated carbocycles. The van der Waals surface area contributed by atoms with Gasteiger partial charge in [0.25, 0.3) is 0 Å². The van der Waals surface area contributed by atoms with Crippen LogP contribution in [0.25, 0.3) is 0 Å². The molecular weight excluding hydrogens is 266 g/mol. The van der Waals surface area contributed by atoms with Crippen molar-refractivity contribution in [3.8, 4) is 0 Å². The Balaban J connectivity index is 1.99. The Morgan fingerprint density at radius 1 is 1.42 bits per heavy atom. The first-order valence-corrected chi connectivity index (χ1v) is 6.04. The van der Waals surface area contributed by atoms with E-state index in [4.69, 9.17) is 17.3 Å². The summed E-state index contributed by atoms with van der Waals surface area (Å²) in [6.45, 7) is 0.395. The second-order valence-corrected chi connectivity index (χ2v) is 4.55. The van der Waals surface area contributed by atoms with Crippen molar-refractivity contribution in [2.45, 2.75) is 13.0 Å². The highest BCUT2D eigenvalue weighted by atomic mass is 35.5. The van der Waals surface area contributed by atoms with Gasteiger partial charge in [0.05, 0.1) is 13.0 Å². The fraction of sp³-hybridized carbons (Fsp3) is 0.167. The molecular formula is C12H10ClN5O. The number of rotatable bonds is 2. The van der Waals surface area contributed by atoms with E-state index in [1.165, 1.54) is 0 Å². The second-order valence-electron chi connectivity index (χ2n) is 4.19. The SMILES string of the molecule is Nc1nc(Cl)c2c(n1)N(Cc1cccnc1)C(=O)C2. The summed E-state index contributed by atoms with van der Waals surface area (Å²) in [6, 6.07) is 3.71. The van der Waals surface area contributed by atoms with E-state index in [2.05, 4.69) is 15.0 Å². The molecule has 1 aliphatic heterocycles. The topological polar surface area (TPSA) is 85.0 Å². The van der Waals surface area contributed by atoms with Crippen LogP contribution < -0.4 is 10.6 Å². The third-order valence-corrected chi connectivity index (χ3v) is 3.21. The molecule has 19 heavy (non-hydrogen) atoms. The molecule has 2 aromatic rings. The molecule has 1 amide bonds. The summed E-state index contributed by atoms with van der Waals surface area (Å²) in [5.74, 6) is 0.488. The summed E-state index contributed by atoms with van der Waals surface area (Å²) in [7, 11) is 0. The average Bonchev–Trinajstić information content (AvgIpc) is 2.69. The molecule has 3 heterocycles. The second kappa shape index (κ2) is 4.47. The molecule has 0 atom stereocenters. The van der Waals surface area contributed by atoms with Crippen LogP contribution in [0.2, 0.25) is 5.15 Å². The molecule has 7 heteroatoms. The number of hydrogen-bond acceptors (Lipinski definition) is 5. The fourth-order valence-electron chi connectivity index (χ4n) is 2.04. The molecule has 0 radical (unpaired) electrons. The zero-order valence-corrected chi connectivity index (χ0v) is 10.6. The van der Waals surface area contributed by atoms with Gasteiger partial charge in [-0.15, -0.1) is 0 Å². The van der Waals surface area contributed by atoms with Crippen LogP contribution in [0.4, 0.5) is 11.8 Å². The van der Waals surface area contributed by atoms with Gasteiger partial charge in [-0.1, -0.05) is 17.7 Å². The molecule has 0 spiro atoms. The number of anilines is 2. The number of carbonyl (C=O) groups excluding carboxylic acids is 1. The van der Waals surface area contributed by atoms with E-state index in [1.807, 2.05) is 12.1 Å². The van der Waals surface area contributed by atoms with Crippen molar-refractivity contribution in [3.05, 3.63) is 40.8 Å². The molecule has 2 N–H and O–H groups in total. The van der Waals surface area contributed by atoms with Crippen LogP contribution in [0.5, 0.6) is 0 Å².